The van der Waals surface area contributed by atoms with Gasteiger partial charge >= 0.3 is 0 Å². The molecule has 2 aliphatic carbocycles. The van der Waals surface area contributed by atoms with Crippen molar-refractivity contribution in [2.75, 3.05) is 27.8 Å². The molecule has 2 saturated carbocycles. The Morgan fingerprint density at radius 3 is 2.34 bits per heavy atom. The van der Waals surface area contributed by atoms with Crippen molar-refractivity contribution in [1.82, 2.24) is 20.1 Å². The van der Waals surface area contributed by atoms with Crippen LogP contribution in [-0.2, 0) is 17.9 Å². The number of fused-ring (bicyclic) bond motifs is 7. The maximum absolute atomic E-state index is 14.9. The van der Waals surface area contributed by atoms with Gasteiger partial charge in [0.2, 0.25) is 5.91 Å². The molecular formula is C45H60N4O4. The van der Waals surface area contributed by atoms with Crippen molar-refractivity contribution in [1.29, 1.82) is 0 Å². The third-order valence-corrected chi connectivity index (χ3v) is 11.4. The van der Waals surface area contributed by atoms with E-state index in [-0.39, 0.29) is 17.7 Å². The number of aliphatic hydroxyl groups excluding tert-OH is 1. The smallest absolute Gasteiger partial charge is 0.251 e. The number of carbonyl (C=O) groups is 2. The van der Waals surface area contributed by atoms with E-state index in [1.807, 2.05) is 48.4 Å². The van der Waals surface area contributed by atoms with Crippen LogP contribution in [0.4, 0.5) is 0 Å². The average Bonchev–Trinajstić information content (AvgIpc) is 3.89. The minimum absolute atomic E-state index is 0.0792. The van der Waals surface area contributed by atoms with Gasteiger partial charge in [-0.1, -0.05) is 82.3 Å². The van der Waals surface area contributed by atoms with Gasteiger partial charge in [0, 0.05) is 73.6 Å². The number of amides is 2. The summed E-state index contributed by atoms with van der Waals surface area (Å²) in [7, 11) is 4.39. The molecule has 0 saturated heterocycles. The SMILES string of the molecule is CCCC.CCN(C(=O)C12CC1c1cc(OC)ccc1-c1c(C3CCCCC3)c3ccc(C(=O)NC)cc3n1C2)/C(C)=C/NCc1ccccc1.CO. The number of hydrogen-bond acceptors (Lipinski definition) is 5. The molecule has 0 bridgehead atoms. The first-order valence-corrected chi connectivity index (χ1v) is 19.6. The van der Waals surface area contributed by atoms with Crippen molar-refractivity contribution >= 4 is 22.7 Å². The van der Waals surface area contributed by atoms with Crippen LogP contribution in [0.15, 0.2) is 78.6 Å². The Morgan fingerprint density at radius 1 is 0.981 bits per heavy atom. The summed E-state index contributed by atoms with van der Waals surface area (Å²) < 4.78 is 8.16. The number of nitrogens with zero attached hydrogens (tertiary/aromatic N) is 2. The van der Waals surface area contributed by atoms with Crippen molar-refractivity contribution in [3.63, 3.8) is 0 Å². The Kier molecular flexibility index (Phi) is 13.4. The topological polar surface area (TPSA) is 95.8 Å². The zero-order valence-electron chi connectivity index (χ0n) is 32.9. The first-order valence-electron chi connectivity index (χ1n) is 19.6. The summed E-state index contributed by atoms with van der Waals surface area (Å²) in [6, 6.07) is 22.9. The molecule has 53 heavy (non-hydrogen) atoms. The van der Waals surface area contributed by atoms with E-state index in [4.69, 9.17) is 9.84 Å². The molecule has 0 radical (unpaired) electrons. The number of hydrogen-bond donors (Lipinski definition) is 3. The van der Waals surface area contributed by atoms with Crippen LogP contribution >= 0.6 is 0 Å². The molecule has 1 aliphatic heterocycles. The highest BCUT2D eigenvalue weighted by atomic mass is 16.5. The molecule has 3 aliphatic rings. The van der Waals surface area contributed by atoms with Gasteiger partial charge in [-0.2, -0.15) is 0 Å². The molecule has 2 amide bonds. The summed E-state index contributed by atoms with van der Waals surface area (Å²) in [6.45, 7) is 10.3. The lowest BCUT2D eigenvalue weighted by atomic mass is 9.81. The molecule has 2 fully saturated rings. The first-order chi connectivity index (χ1) is 25.8. The number of ether oxygens (including phenoxy) is 1. The van der Waals surface area contributed by atoms with Gasteiger partial charge in [-0.3, -0.25) is 9.59 Å². The van der Waals surface area contributed by atoms with Crippen LogP contribution in [-0.4, -0.2) is 54.2 Å². The molecule has 2 atom stereocenters. The number of aromatic nitrogens is 1. The summed E-state index contributed by atoms with van der Waals surface area (Å²) >= 11 is 0. The average molecular weight is 721 g/mol. The first kappa shape index (κ1) is 39.6. The van der Waals surface area contributed by atoms with Gasteiger partial charge in [0.25, 0.3) is 5.91 Å². The highest BCUT2D eigenvalue weighted by molar-refractivity contribution is 6.02. The Balaban J connectivity index is 0.000000847. The number of aliphatic hydroxyl groups is 1. The molecule has 4 aromatic rings. The molecule has 7 rings (SSSR count). The van der Waals surface area contributed by atoms with Crippen molar-refractivity contribution < 1.29 is 19.4 Å². The third kappa shape index (κ3) is 8.03. The molecule has 3 N–H and O–H groups in total. The molecule has 2 unspecified atom stereocenters. The van der Waals surface area contributed by atoms with Crippen molar-refractivity contribution in [3.05, 3.63) is 101 Å². The highest BCUT2D eigenvalue weighted by Crippen LogP contribution is 2.66. The fourth-order valence-corrected chi connectivity index (χ4v) is 8.38. The lowest BCUT2D eigenvalue weighted by Crippen LogP contribution is -2.39. The van der Waals surface area contributed by atoms with Gasteiger partial charge in [0.15, 0.2) is 0 Å². The predicted octanol–water partition coefficient (Wildman–Crippen LogP) is 9.13. The van der Waals surface area contributed by atoms with Crippen molar-refractivity contribution in [2.45, 2.75) is 104 Å². The number of methoxy groups -OCH3 is 1. The maximum Gasteiger partial charge on any atom is 0.251 e. The van der Waals surface area contributed by atoms with Crippen LogP contribution < -0.4 is 15.4 Å². The van der Waals surface area contributed by atoms with E-state index in [2.05, 4.69) is 72.4 Å². The molecule has 8 nitrogen and oxygen atoms in total. The van der Waals surface area contributed by atoms with Gasteiger partial charge < -0.3 is 29.9 Å². The van der Waals surface area contributed by atoms with E-state index in [1.54, 1.807) is 14.2 Å². The number of unbranched alkanes of at least 4 members (excludes halogenated alkanes) is 1. The Morgan fingerprint density at radius 2 is 1.70 bits per heavy atom. The van der Waals surface area contributed by atoms with Crippen LogP contribution in [0.2, 0.25) is 0 Å². The normalized spacial score (nSPS) is 18.8. The number of benzene rings is 3. The van der Waals surface area contributed by atoms with Gasteiger partial charge in [-0.05, 0) is 86.1 Å². The van der Waals surface area contributed by atoms with Gasteiger partial charge in [0.05, 0.1) is 18.2 Å². The van der Waals surface area contributed by atoms with Crippen LogP contribution in [0.5, 0.6) is 5.75 Å². The summed E-state index contributed by atoms with van der Waals surface area (Å²) in [5.41, 5.74) is 8.18. The van der Waals surface area contributed by atoms with E-state index in [9.17, 15) is 9.59 Å². The Labute approximate surface area is 316 Å². The second-order valence-corrected chi connectivity index (χ2v) is 14.6. The summed E-state index contributed by atoms with van der Waals surface area (Å²) in [5, 5.41) is 14.4. The second-order valence-electron chi connectivity index (χ2n) is 14.6. The van der Waals surface area contributed by atoms with Gasteiger partial charge in [-0.15, -0.1) is 0 Å². The fraction of sp³-hybridized carbons (Fsp3) is 0.467. The van der Waals surface area contributed by atoms with E-state index in [0.29, 0.717) is 31.1 Å². The van der Waals surface area contributed by atoms with Crippen LogP contribution in [0.3, 0.4) is 0 Å². The standard InChI is InChI=1S/C40H46N4O3.C4H10.CH4O/c1-5-43(26(2)23-42-24-27-12-8-6-9-13-27)39(46)40-22-34(40)33-21-30(47-4)17-19-31(33)37-36(28-14-10-7-11-15-28)32-18-16-29(38(45)41-3)20-35(32)44(37)25-40;1-3-4-2;1-2/h6,8-9,12-13,16-21,23,28,34,42H,5,7,10-11,14-15,22,24-25H2,1-4H3,(H,41,45);3-4H2,1-2H3;2H,1H3/b26-23+;;. The monoisotopic (exact) mass is 720 g/mol. The zero-order valence-corrected chi connectivity index (χ0v) is 32.9. The minimum atomic E-state index is -0.601. The van der Waals surface area contributed by atoms with E-state index in [1.165, 1.54) is 65.4 Å². The Bertz CT molecular complexity index is 1890. The number of carbonyl (C=O) groups excluding carboxylic acids is 2. The molecule has 284 valence electrons. The third-order valence-electron chi connectivity index (χ3n) is 11.4. The molecular weight excluding hydrogens is 661 g/mol. The molecule has 2 heterocycles. The number of rotatable bonds is 10. The van der Waals surface area contributed by atoms with Crippen LogP contribution in [0.25, 0.3) is 22.2 Å². The second kappa shape index (κ2) is 18.0. The molecule has 0 spiro atoms. The minimum Gasteiger partial charge on any atom is -0.497 e. The summed E-state index contributed by atoms with van der Waals surface area (Å²) in [5.74, 6) is 1.39. The highest BCUT2D eigenvalue weighted by Gasteiger charge is 2.64. The molecule has 1 aromatic heterocycles. The Hall–Kier alpha value is -4.56. The predicted molar refractivity (Wildman–Crippen MR) is 216 cm³/mol. The van der Waals surface area contributed by atoms with E-state index >= 15 is 0 Å². The number of allylic oxidation sites excluding steroid dienone is 1. The summed E-state index contributed by atoms with van der Waals surface area (Å²) in [6.07, 6.45) is 11.4. The van der Waals surface area contributed by atoms with E-state index < -0.39 is 5.41 Å². The largest absolute Gasteiger partial charge is 0.497 e. The van der Waals surface area contributed by atoms with Gasteiger partial charge in [0.1, 0.15) is 5.75 Å². The van der Waals surface area contributed by atoms with E-state index in [0.717, 1.165) is 43.3 Å². The zero-order chi connectivity index (χ0) is 38.1. The van der Waals surface area contributed by atoms with Crippen molar-refractivity contribution in [2.24, 2.45) is 5.41 Å². The molecule has 8 heteroatoms. The fourth-order valence-electron chi connectivity index (χ4n) is 8.38. The quantitative estimate of drug-likeness (QED) is 0.152. The number of nitrogens with one attached hydrogen (secondary N) is 2. The maximum atomic E-state index is 14.9. The van der Waals surface area contributed by atoms with Gasteiger partial charge in [-0.25, -0.2) is 0 Å². The van der Waals surface area contributed by atoms with Crippen LogP contribution in [0, 0.1) is 5.41 Å². The molecule has 3 aromatic carbocycles. The van der Waals surface area contributed by atoms with Crippen LogP contribution in [0.1, 0.15) is 118 Å². The lowest BCUT2D eigenvalue weighted by molar-refractivity contribution is -0.135. The van der Waals surface area contributed by atoms with Crippen molar-refractivity contribution in [3.8, 4) is 17.0 Å². The lowest BCUT2D eigenvalue weighted by Gasteiger charge is -2.28. The summed E-state index contributed by atoms with van der Waals surface area (Å²) in [4.78, 5) is 29.7.